The van der Waals surface area contributed by atoms with Crippen LogP contribution in [-0.2, 0) is 28.8 Å². The van der Waals surface area contributed by atoms with Gasteiger partial charge in [-0.3, -0.25) is 49.6 Å². The van der Waals surface area contributed by atoms with Crippen LogP contribution in [0.15, 0.2) is 0 Å². The Morgan fingerprint density at radius 1 is 0.372 bits per heavy atom. The zero-order chi connectivity index (χ0) is 32.0. The summed E-state index contributed by atoms with van der Waals surface area (Å²) in [4.78, 5) is 72.2. The van der Waals surface area contributed by atoms with Gasteiger partial charge in [0.25, 0.3) is 0 Å². The fourth-order valence-corrected chi connectivity index (χ4v) is 4.13. The van der Waals surface area contributed by atoms with Crippen LogP contribution in [0.5, 0.6) is 0 Å². The smallest absolute Gasteiger partial charge is 0.246 e. The number of hydroxylamine groups is 8. The lowest BCUT2D eigenvalue weighted by Gasteiger charge is -2.18. The molecular weight excluding hydrogens is 568 g/mol. The molecule has 0 aromatic heterocycles. The van der Waals surface area contributed by atoms with Gasteiger partial charge < -0.3 is 10.6 Å². The first-order chi connectivity index (χ1) is 20.5. The molecule has 1 saturated heterocycles. The molecule has 246 valence electrons. The van der Waals surface area contributed by atoms with Crippen LogP contribution in [0.4, 0.5) is 0 Å². The predicted molar refractivity (Wildman–Crippen MR) is 149 cm³/mol. The molecule has 0 spiro atoms. The van der Waals surface area contributed by atoms with Crippen LogP contribution in [0.1, 0.15) is 96.3 Å². The van der Waals surface area contributed by atoms with Crippen LogP contribution in [0.2, 0.25) is 0 Å². The van der Waals surface area contributed by atoms with E-state index in [0.29, 0.717) is 91.1 Å². The minimum Gasteiger partial charge on any atom is -0.356 e. The molecule has 43 heavy (non-hydrogen) atoms. The summed E-state index contributed by atoms with van der Waals surface area (Å²) < 4.78 is 0. The highest BCUT2D eigenvalue weighted by Crippen LogP contribution is 2.06. The Morgan fingerprint density at radius 2 is 0.628 bits per heavy atom. The second-order valence-corrected chi connectivity index (χ2v) is 10.4. The molecule has 16 heteroatoms. The molecule has 0 radical (unpaired) electrons. The standard InChI is InChI=1S/C27H48N6O10/c34-22-10-12-24(36)30(40)18-6-1-4-16-28-23(35)11-13-25(37)31(41)20-8-3-9-21-33(43)27(39)15-14-26(38)32(42)19-7-2-5-17-29-22/h40-43H,1-21H2,(H,28,35)(H,29,34). The molecule has 0 saturated carbocycles. The second-order valence-electron chi connectivity index (χ2n) is 10.4. The number of hydrogen-bond donors (Lipinski definition) is 6. The van der Waals surface area contributed by atoms with Crippen molar-refractivity contribution in [3.05, 3.63) is 0 Å². The van der Waals surface area contributed by atoms with Gasteiger partial charge in [-0.25, -0.2) is 20.3 Å². The molecule has 0 aromatic carbocycles. The molecule has 6 amide bonds. The van der Waals surface area contributed by atoms with Crippen molar-refractivity contribution in [2.24, 2.45) is 0 Å². The molecule has 0 bridgehead atoms. The molecule has 16 nitrogen and oxygen atoms in total. The molecule has 1 heterocycles. The van der Waals surface area contributed by atoms with Gasteiger partial charge in [-0.2, -0.15) is 0 Å². The summed E-state index contributed by atoms with van der Waals surface area (Å²) in [5, 5.41) is 47.1. The first-order valence-corrected chi connectivity index (χ1v) is 15.0. The van der Waals surface area contributed by atoms with Gasteiger partial charge in [0.05, 0.1) is 0 Å². The first-order valence-electron chi connectivity index (χ1n) is 15.0. The largest absolute Gasteiger partial charge is 0.356 e. The van der Waals surface area contributed by atoms with Crippen LogP contribution in [0, 0.1) is 0 Å². The van der Waals surface area contributed by atoms with Crippen molar-refractivity contribution >= 4 is 35.4 Å². The number of carbonyl (C=O) groups is 6. The molecule has 6 N–H and O–H groups in total. The summed E-state index contributed by atoms with van der Waals surface area (Å²) in [6.45, 7) is 0.865. The highest BCUT2D eigenvalue weighted by molar-refractivity contribution is 5.84. The third-order valence-corrected chi connectivity index (χ3v) is 6.81. The summed E-state index contributed by atoms with van der Waals surface area (Å²) in [6, 6.07) is 0. The zero-order valence-corrected chi connectivity index (χ0v) is 24.9. The van der Waals surface area contributed by atoms with Crippen LogP contribution < -0.4 is 10.6 Å². The van der Waals surface area contributed by atoms with E-state index in [4.69, 9.17) is 0 Å². The van der Waals surface area contributed by atoms with Gasteiger partial charge in [0, 0.05) is 77.8 Å². The van der Waals surface area contributed by atoms with Gasteiger partial charge in [-0.05, 0) is 57.8 Å². The van der Waals surface area contributed by atoms with Crippen LogP contribution in [0.3, 0.4) is 0 Å². The van der Waals surface area contributed by atoms with Gasteiger partial charge >= 0.3 is 0 Å². The number of carbonyl (C=O) groups excluding carboxylic acids is 6. The fourth-order valence-electron chi connectivity index (χ4n) is 4.13. The molecule has 1 fully saturated rings. The van der Waals surface area contributed by atoms with Crippen LogP contribution >= 0.6 is 0 Å². The predicted octanol–water partition coefficient (Wildman–Crippen LogP) is 0.955. The summed E-state index contributed by atoms with van der Waals surface area (Å²) >= 11 is 0. The summed E-state index contributed by atoms with van der Waals surface area (Å²) in [7, 11) is 0. The van der Waals surface area contributed by atoms with Gasteiger partial charge in [0.15, 0.2) is 0 Å². The van der Waals surface area contributed by atoms with E-state index in [0.717, 1.165) is 0 Å². The van der Waals surface area contributed by atoms with E-state index in [-0.39, 0.29) is 76.5 Å². The van der Waals surface area contributed by atoms with E-state index in [1.165, 1.54) is 0 Å². The van der Waals surface area contributed by atoms with Gasteiger partial charge in [-0.1, -0.05) is 0 Å². The van der Waals surface area contributed by atoms with Crippen molar-refractivity contribution < 1.29 is 49.6 Å². The molecule has 0 aliphatic carbocycles. The molecule has 1 rings (SSSR count). The average Bonchev–Trinajstić information content (AvgIpc) is 2.99. The number of nitrogens with one attached hydrogen (secondary N) is 2. The highest BCUT2D eigenvalue weighted by atomic mass is 16.5. The van der Waals surface area contributed by atoms with Gasteiger partial charge in [-0.15, -0.1) is 0 Å². The molecule has 1 aliphatic rings. The van der Waals surface area contributed by atoms with E-state index >= 15 is 0 Å². The number of rotatable bonds is 0. The van der Waals surface area contributed by atoms with E-state index in [9.17, 15) is 49.6 Å². The Balaban J connectivity index is 2.54. The van der Waals surface area contributed by atoms with Crippen molar-refractivity contribution in [1.82, 2.24) is 30.9 Å². The highest BCUT2D eigenvalue weighted by Gasteiger charge is 2.17. The minimum absolute atomic E-state index is 0.000507. The Kier molecular flexibility index (Phi) is 19.5. The maximum atomic E-state index is 12.1. The van der Waals surface area contributed by atoms with E-state index in [1.54, 1.807) is 0 Å². The molecule has 0 unspecified atom stereocenters. The number of amides is 6. The lowest BCUT2D eigenvalue weighted by molar-refractivity contribution is -0.172. The van der Waals surface area contributed by atoms with Crippen LogP contribution in [0.25, 0.3) is 0 Å². The van der Waals surface area contributed by atoms with Gasteiger partial charge in [0.1, 0.15) is 0 Å². The monoisotopic (exact) mass is 616 g/mol. The third kappa shape index (κ3) is 18.0. The third-order valence-electron chi connectivity index (χ3n) is 6.81. The maximum absolute atomic E-state index is 12.1. The Hall–Kier alpha value is -3.34. The van der Waals surface area contributed by atoms with Crippen LogP contribution in [-0.4, -0.2) is 116 Å². The Morgan fingerprint density at radius 3 is 0.930 bits per heavy atom. The lowest BCUT2D eigenvalue weighted by atomic mass is 10.2. The van der Waals surface area contributed by atoms with E-state index < -0.39 is 23.6 Å². The number of nitrogens with zero attached hydrogens (tertiary/aromatic N) is 4. The lowest BCUT2D eigenvalue weighted by Crippen LogP contribution is -2.32. The normalized spacial score (nSPS) is 21.4. The average molecular weight is 617 g/mol. The van der Waals surface area contributed by atoms with E-state index in [2.05, 4.69) is 10.6 Å². The first kappa shape index (κ1) is 37.7. The van der Waals surface area contributed by atoms with Crippen molar-refractivity contribution in [2.45, 2.75) is 96.3 Å². The summed E-state index contributed by atoms with van der Waals surface area (Å²) in [5.74, 6) is -3.21. The minimum atomic E-state index is -0.676. The fraction of sp³-hybridized carbons (Fsp3) is 0.778. The molecule has 0 aromatic rings. The van der Waals surface area contributed by atoms with Crippen molar-refractivity contribution in [3.63, 3.8) is 0 Å². The van der Waals surface area contributed by atoms with E-state index in [1.807, 2.05) is 0 Å². The van der Waals surface area contributed by atoms with Crippen molar-refractivity contribution in [1.29, 1.82) is 0 Å². The molecule has 1 aliphatic heterocycles. The van der Waals surface area contributed by atoms with Gasteiger partial charge in [0.2, 0.25) is 35.4 Å². The quantitative estimate of drug-likeness (QED) is 0.212. The summed E-state index contributed by atoms with van der Waals surface area (Å²) in [6.07, 6.45) is 3.55. The zero-order valence-electron chi connectivity index (χ0n) is 24.9. The second kappa shape index (κ2) is 22.2. The Bertz CT molecular complexity index is 905. The maximum Gasteiger partial charge on any atom is 0.246 e. The SMILES string of the molecule is O=C1CCC(=O)N(O)CCCCCNC(=O)CCC(=O)N(O)CCCCCN(O)C(=O)CCC(=O)N(O)CCCCCN1. The Labute approximate surface area is 251 Å². The molecular formula is C27H48N6O10. The number of hydrogen-bond acceptors (Lipinski definition) is 10. The summed E-state index contributed by atoms with van der Waals surface area (Å²) in [5.41, 5.74) is 0. The topological polar surface area (TPSA) is 220 Å². The van der Waals surface area contributed by atoms with Crippen molar-refractivity contribution in [2.75, 3.05) is 39.3 Å². The van der Waals surface area contributed by atoms with Crippen molar-refractivity contribution in [3.8, 4) is 0 Å². The molecule has 0 atom stereocenters.